The molecule has 1 saturated heterocycles. The molecule has 1 aliphatic heterocycles. The van der Waals surface area contributed by atoms with Crippen LogP contribution in [-0.4, -0.2) is 49.7 Å². The topological polar surface area (TPSA) is 95.0 Å². The van der Waals surface area contributed by atoms with Gasteiger partial charge >= 0.3 is 5.97 Å². The lowest BCUT2D eigenvalue weighted by atomic mass is 9.96. The Hall–Kier alpha value is -2.28. The smallest absolute Gasteiger partial charge is 0.306 e. The predicted octanol–water partition coefficient (Wildman–Crippen LogP) is 1.16. The van der Waals surface area contributed by atoms with Gasteiger partial charge in [-0.15, -0.1) is 10.2 Å². The standard InChI is InChI=1S/C14H17N5O2/c20-14(21)11-4-6-19(7-5-11)9-10-2-1-3-12(8-10)13-15-17-18-16-13/h1-3,8,11H,4-7,9H2,(H,20,21)(H,15,16,17,18). The zero-order valence-corrected chi connectivity index (χ0v) is 11.6. The first kappa shape index (κ1) is 13.7. The van der Waals surface area contributed by atoms with Gasteiger partial charge in [0.25, 0.3) is 0 Å². The molecular formula is C14H17N5O2. The molecule has 0 aliphatic carbocycles. The second-order valence-electron chi connectivity index (χ2n) is 5.32. The monoisotopic (exact) mass is 287 g/mol. The summed E-state index contributed by atoms with van der Waals surface area (Å²) in [6.45, 7) is 2.46. The Kier molecular flexibility index (Phi) is 3.92. The van der Waals surface area contributed by atoms with Gasteiger partial charge < -0.3 is 5.11 Å². The maximum Gasteiger partial charge on any atom is 0.306 e. The number of benzene rings is 1. The zero-order chi connectivity index (χ0) is 14.7. The Bertz CT molecular complexity index is 606. The molecular weight excluding hydrogens is 270 g/mol. The molecule has 3 rings (SSSR count). The van der Waals surface area contributed by atoms with E-state index in [1.165, 1.54) is 5.56 Å². The number of carbonyl (C=O) groups is 1. The molecule has 2 heterocycles. The highest BCUT2D eigenvalue weighted by Gasteiger charge is 2.24. The number of aromatic amines is 1. The highest BCUT2D eigenvalue weighted by molar-refractivity contribution is 5.70. The normalized spacial score (nSPS) is 17.0. The second kappa shape index (κ2) is 6.01. The maximum atomic E-state index is 11.0. The van der Waals surface area contributed by atoms with Crippen molar-refractivity contribution in [1.29, 1.82) is 0 Å². The van der Waals surface area contributed by atoms with Crippen molar-refractivity contribution < 1.29 is 9.90 Å². The van der Waals surface area contributed by atoms with E-state index in [-0.39, 0.29) is 5.92 Å². The predicted molar refractivity (Wildman–Crippen MR) is 75.3 cm³/mol. The number of nitrogens with one attached hydrogen (secondary N) is 1. The number of rotatable bonds is 4. The molecule has 7 heteroatoms. The molecule has 0 radical (unpaired) electrons. The van der Waals surface area contributed by atoms with Crippen LogP contribution >= 0.6 is 0 Å². The third-order valence-electron chi connectivity index (χ3n) is 3.87. The lowest BCUT2D eigenvalue weighted by Gasteiger charge is -2.30. The summed E-state index contributed by atoms with van der Waals surface area (Å²) in [4.78, 5) is 13.2. The fourth-order valence-electron chi connectivity index (χ4n) is 2.69. The van der Waals surface area contributed by atoms with Crippen LogP contribution in [0.5, 0.6) is 0 Å². The van der Waals surface area contributed by atoms with Gasteiger partial charge in [-0.2, -0.15) is 5.21 Å². The molecule has 0 saturated carbocycles. The van der Waals surface area contributed by atoms with Gasteiger partial charge in [-0.05, 0) is 42.8 Å². The van der Waals surface area contributed by atoms with Crippen LogP contribution in [0.2, 0.25) is 0 Å². The van der Waals surface area contributed by atoms with Crippen molar-refractivity contribution in [3.63, 3.8) is 0 Å². The largest absolute Gasteiger partial charge is 0.481 e. The van der Waals surface area contributed by atoms with Crippen LogP contribution in [0.4, 0.5) is 0 Å². The number of carboxylic acid groups (broad SMARTS) is 1. The number of tetrazole rings is 1. The molecule has 2 aromatic rings. The molecule has 7 nitrogen and oxygen atoms in total. The first-order chi connectivity index (χ1) is 10.2. The summed E-state index contributed by atoms with van der Waals surface area (Å²) in [5, 5.41) is 23.0. The van der Waals surface area contributed by atoms with Gasteiger partial charge in [-0.3, -0.25) is 9.69 Å². The summed E-state index contributed by atoms with van der Waals surface area (Å²) < 4.78 is 0. The lowest BCUT2D eigenvalue weighted by Crippen LogP contribution is -2.35. The van der Waals surface area contributed by atoms with E-state index in [2.05, 4.69) is 31.6 Å². The highest BCUT2D eigenvalue weighted by Crippen LogP contribution is 2.21. The number of hydrogen-bond acceptors (Lipinski definition) is 5. The molecule has 110 valence electrons. The minimum Gasteiger partial charge on any atom is -0.481 e. The van der Waals surface area contributed by atoms with Crippen LogP contribution in [0.15, 0.2) is 24.3 Å². The summed E-state index contributed by atoms with van der Waals surface area (Å²) >= 11 is 0. The van der Waals surface area contributed by atoms with Crippen molar-refractivity contribution in [2.24, 2.45) is 5.92 Å². The third-order valence-corrected chi connectivity index (χ3v) is 3.87. The SMILES string of the molecule is O=C(O)C1CCN(Cc2cccc(-c3nn[nH]n3)c2)CC1. The summed E-state index contributed by atoms with van der Waals surface area (Å²) in [5.41, 5.74) is 2.10. The zero-order valence-electron chi connectivity index (χ0n) is 11.6. The molecule has 21 heavy (non-hydrogen) atoms. The van der Waals surface area contributed by atoms with E-state index >= 15 is 0 Å². The van der Waals surface area contributed by atoms with Gasteiger partial charge in [0.15, 0.2) is 0 Å². The van der Waals surface area contributed by atoms with Crippen LogP contribution < -0.4 is 0 Å². The van der Waals surface area contributed by atoms with E-state index in [9.17, 15) is 4.79 Å². The van der Waals surface area contributed by atoms with E-state index in [1.807, 2.05) is 18.2 Å². The number of hydrogen-bond donors (Lipinski definition) is 2. The van der Waals surface area contributed by atoms with E-state index < -0.39 is 5.97 Å². The molecule has 1 aromatic heterocycles. The van der Waals surface area contributed by atoms with Crippen molar-refractivity contribution in [3.8, 4) is 11.4 Å². The number of likely N-dealkylation sites (tertiary alicyclic amines) is 1. The van der Waals surface area contributed by atoms with Crippen LogP contribution in [-0.2, 0) is 11.3 Å². The van der Waals surface area contributed by atoms with Gasteiger partial charge in [0, 0.05) is 12.1 Å². The number of piperidine rings is 1. The molecule has 0 atom stereocenters. The molecule has 1 aromatic carbocycles. The fraction of sp³-hybridized carbons (Fsp3) is 0.429. The Labute approximate surface area is 122 Å². The van der Waals surface area contributed by atoms with E-state index in [1.54, 1.807) is 0 Å². The molecule has 2 N–H and O–H groups in total. The Morgan fingerprint density at radius 2 is 2.19 bits per heavy atom. The van der Waals surface area contributed by atoms with Crippen LogP contribution in [0.1, 0.15) is 18.4 Å². The first-order valence-electron chi connectivity index (χ1n) is 7.00. The second-order valence-corrected chi connectivity index (χ2v) is 5.32. The molecule has 0 unspecified atom stereocenters. The van der Waals surface area contributed by atoms with Gasteiger partial charge in [0.1, 0.15) is 0 Å². The summed E-state index contributed by atoms with van der Waals surface area (Å²) in [7, 11) is 0. The van der Waals surface area contributed by atoms with Crippen molar-refractivity contribution >= 4 is 5.97 Å². The van der Waals surface area contributed by atoms with Gasteiger partial charge in [-0.1, -0.05) is 18.2 Å². The number of aromatic nitrogens is 4. The average molecular weight is 287 g/mol. The van der Waals surface area contributed by atoms with Crippen molar-refractivity contribution in [2.45, 2.75) is 19.4 Å². The quantitative estimate of drug-likeness (QED) is 0.876. The third kappa shape index (κ3) is 3.25. The number of H-pyrrole nitrogens is 1. The Morgan fingerprint density at radius 3 is 2.86 bits per heavy atom. The Morgan fingerprint density at radius 1 is 1.38 bits per heavy atom. The van der Waals surface area contributed by atoms with Crippen molar-refractivity contribution in [3.05, 3.63) is 29.8 Å². The van der Waals surface area contributed by atoms with Crippen LogP contribution in [0.3, 0.4) is 0 Å². The van der Waals surface area contributed by atoms with E-state index in [4.69, 9.17) is 5.11 Å². The van der Waals surface area contributed by atoms with Gasteiger partial charge in [-0.25, -0.2) is 0 Å². The fourth-order valence-corrected chi connectivity index (χ4v) is 2.69. The molecule has 0 amide bonds. The molecule has 0 bridgehead atoms. The highest BCUT2D eigenvalue weighted by atomic mass is 16.4. The van der Waals surface area contributed by atoms with Gasteiger partial charge in [0.05, 0.1) is 5.92 Å². The van der Waals surface area contributed by atoms with Crippen molar-refractivity contribution in [2.75, 3.05) is 13.1 Å². The van der Waals surface area contributed by atoms with E-state index in [0.717, 1.165) is 38.0 Å². The van der Waals surface area contributed by atoms with Gasteiger partial charge in [0.2, 0.25) is 5.82 Å². The number of nitrogens with zero attached hydrogens (tertiary/aromatic N) is 4. The average Bonchev–Trinajstić information content (AvgIpc) is 3.02. The first-order valence-corrected chi connectivity index (χ1v) is 7.00. The maximum absolute atomic E-state index is 11.0. The minimum absolute atomic E-state index is 0.188. The minimum atomic E-state index is -0.672. The summed E-state index contributed by atoms with van der Waals surface area (Å²) in [6, 6.07) is 8.04. The lowest BCUT2D eigenvalue weighted by molar-refractivity contribution is -0.143. The number of carboxylic acids is 1. The molecule has 1 aliphatic rings. The molecule has 0 spiro atoms. The van der Waals surface area contributed by atoms with Crippen molar-refractivity contribution in [1.82, 2.24) is 25.5 Å². The summed E-state index contributed by atoms with van der Waals surface area (Å²) in [6.07, 6.45) is 1.44. The van der Waals surface area contributed by atoms with Crippen LogP contribution in [0.25, 0.3) is 11.4 Å². The summed E-state index contributed by atoms with van der Waals surface area (Å²) in [5.74, 6) is -0.276. The van der Waals surface area contributed by atoms with E-state index in [0.29, 0.717) is 5.82 Å². The molecule has 1 fully saturated rings. The Balaban J connectivity index is 1.64. The number of aliphatic carboxylic acids is 1. The van der Waals surface area contributed by atoms with Crippen LogP contribution in [0, 0.1) is 5.92 Å².